The van der Waals surface area contributed by atoms with Gasteiger partial charge < -0.3 is 44.9 Å². The molecule has 0 unspecified atom stereocenters. The van der Waals surface area contributed by atoms with Crippen molar-refractivity contribution >= 4 is 51.8 Å². The van der Waals surface area contributed by atoms with Crippen LogP contribution < -0.4 is 21.3 Å². The second-order valence-electron chi connectivity index (χ2n) is 24.4. The van der Waals surface area contributed by atoms with Gasteiger partial charge in [-0.3, -0.25) is 28.8 Å². The van der Waals surface area contributed by atoms with Crippen LogP contribution in [0.2, 0.25) is 0 Å². The molecule has 2 aromatic carbocycles. The van der Waals surface area contributed by atoms with Crippen LogP contribution in [0, 0.1) is 22.7 Å². The summed E-state index contributed by atoms with van der Waals surface area (Å²) in [7, 11) is 1.74. The van der Waals surface area contributed by atoms with Crippen molar-refractivity contribution in [3.63, 3.8) is 0 Å². The van der Waals surface area contributed by atoms with Crippen LogP contribution in [-0.2, 0) is 25.6 Å². The summed E-state index contributed by atoms with van der Waals surface area (Å²) >= 11 is 0. The molecule has 3 aliphatic rings. The molecule has 5 N–H and O–H groups in total. The van der Waals surface area contributed by atoms with E-state index in [0.29, 0.717) is 80.7 Å². The van der Waals surface area contributed by atoms with Crippen molar-refractivity contribution in [1.82, 2.24) is 46.0 Å². The molecule has 0 spiro atoms. The molecule has 5 amide bonds. The van der Waals surface area contributed by atoms with E-state index in [9.17, 15) is 28.8 Å². The van der Waals surface area contributed by atoms with Gasteiger partial charge in [-0.2, -0.15) is 0 Å². The predicted octanol–water partition coefficient (Wildman–Crippen LogP) is 10.4. The van der Waals surface area contributed by atoms with Gasteiger partial charge in [0, 0.05) is 72.7 Å². The Labute approximate surface area is 471 Å². The van der Waals surface area contributed by atoms with Crippen LogP contribution >= 0.6 is 0 Å². The fourth-order valence-electron chi connectivity index (χ4n) is 11.3. The molecule has 0 bridgehead atoms. The Hall–Kier alpha value is -6.88. The highest BCUT2D eigenvalue weighted by atomic mass is 16.4. The van der Waals surface area contributed by atoms with Crippen molar-refractivity contribution in [3.8, 4) is 11.3 Å². The average Bonchev–Trinajstić information content (AvgIpc) is 4.34. The molecule has 5 heterocycles. The summed E-state index contributed by atoms with van der Waals surface area (Å²) in [6.07, 6.45) is 13.3. The Morgan fingerprint density at radius 3 is 1.88 bits per heavy atom. The highest BCUT2D eigenvalue weighted by Crippen LogP contribution is 2.42. The molecule has 8 rings (SSSR count). The number of nitrogens with zero attached hydrogens (tertiary/aromatic N) is 4. The third-order valence-electron chi connectivity index (χ3n) is 16.6. The van der Waals surface area contributed by atoms with Crippen LogP contribution in [0.4, 0.5) is 0 Å². The van der Waals surface area contributed by atoms with Crippen LogP contribution in [0.3, 0.4) is 0 Å². The number of ketones is 1. The number of aromatic nitrogens is 3. The van der Waals surface area contributed by atoms with Gasteiger partial charge >= 0.3 is 0 Å². The molecule has 2 fully saturated rings. The number of carbonyl (C=O) groups is 6. The number of benzene rings is 2. The topological polar surface area (TPSA) is 225 Å². The number of allylic oxidation sites excluding steroid dienone is 1. The van der Waals surface area contributed by atoms with Crippen molar-refractivity contribution in [2.24, 2.45) is 22.7 Å². The van der Waals surface area contributed by atoms with E-state index in [1.807, 2.05) is 116 Å². The molecule has 2 saturated heterocycles. The summed E-state index contributed by atoms with van der Waals surface area (Å²) in [6, 6.07) is 13.8. The Bertz CT molecular complexity index is 3060. The molecule has 6 atom stereocenters. The number of amides is 5. The first-order valence-corrected chi connectivity index (χ1v) is 29.3. The number of oxazole rings is 2. The summed E-state index contributed by atoms with van der Waals surface area (Å²) < 4.78 is 13.2. The second kappa shape index (κ2) is 25.7. The monoisotopic (exact) mass is 1100 g/mol. The molecule has 3 aromatic heterocycles. The predicted molar refractivity (Wildman–Crippen MR) is 309 cm³/mol. The number of aromatic amines is 1. The summed E-state index contributed by atoms with van der Waals surface area (Å²) in [5.41, 5.74) is 3.87. The third kappa shape index (κ3) is 13.3. The van der Waals surface area contributed by atoms with Crippen LogP contribution in [0.25, 0.3) is 27.8 Å². The maximum Gasteiger partial charge on any atom is 0.273 e. The molecular weight excluding hydrogens is 1010 g/mol. The molecule has 1 aliphatic carbocycles. The number of para-hydroxylation sites is 1. The quantitative estimate of drug-likeness (QED) is 0.0366. The maximum absolute atomic E-state index is 14.4. The summed E-state index contributed by atoms with van der Waals surface area (Å²) in [5, 5.41) is 13.1. The number of nitrogens with one attached hydrogen (secondary N) is 5. The number of unbranched alkanes of at least 4 members (excludes halogenated alkanes) is 5. The Kier molecular flexibility index (Phi) is 19.0. The minimum absolute atomic E-state index is 0.0144. The lowest BCUT2D eigenvalue weighted by Crippen LogP contribution is -2.55. The average molecular weight is 1100 g/mol. The summed E-state index contributed by atoms with van der Waals surface area (Å²) in [4.78, 5) is 99.8. The lowest BCUT2D eigenvalue weighted by molar-refractivity contribution is -0.143. The molecule has 0 radical (unpaired) electrons. The number of H-pyrrole nitrogens is 1. The summed E-state index contributed by atoms with van der Waals surface area (Å²) in [5.74, 6) is -0.575. The van der Waals surface area contributed by atoms with Crippen molar-refractivity contribution in [3.05, 3.63) is 101 Å². The van der Waals surface area contributed by atoms with Crippen molar-refractivity contribution in [1.29, 1.82) is 0 Å². The fraction of sp³-hybridized carbons (Fsp3) is 0.556. The normalized spacial score (nSPS) is 17.9. The number of carbonyl (C=O) groups excluding carboxylic acids is 6. The first-order chi connectivity index (χ1) is 38.2. The van der Waals surface area contributed by atoms with E-state index in [2.05, 4.69) is 38.4 Å². The van der Waals surface area contributed by atoms with Gasteiger partial charge in [-0.1, -0.05) is 130 Å². The van der Waals surface area contributed by atoms with E-state index in [1.165, 1.54) is 0 Å². The van der Waals surface area contributed by atoms with E-state index >= 15 is 0 Å². The molecule has 17 heteroatoms. The largest absolute Gasteiger partial charge is 0.438 e. The number of likely N-dealkylation sites (tertiary alicyclic amines) is 2. The zero-order chi connectivity index (χ0) is 57.5. The SMILES string of the molecule is CC[C@@H](C)C(=O)N[C@H](C(=O)N1CCC[C@H]1c1nc(C(=O)NCCCCCCCCNC(=O)c2nc([C@@H]3CCCN3C(=O)[C@@H](CC(=O)[C@H](C)NC)C(C)(C)C)oc2C2=CCc3ccccc32)c(-c2c[nH]c3ccccc23)o1)C(C)(C)C. The van der Waals surface area contributed by atoms with Gasteiger partial charge in [0.15, 0.2) is 22.9 Å². The van der Waals surface area contributed by atoms with E-state index < -0.39 is 34.9 Å². The molecule has 2 aliphatic heterocycles. The van der Waals surface area contributed by atoms with Gasteiger partial charge in [-0.05, 0) is 93.4 Å². The number of hydrogen-bond acceptors (Lipinski definition) is 11. The van der Waals surface area contributed by atoms with Gasteiger partial charge in [0.1, 0.15) is 23.9 Å². The van der Waals surface area contributed by atoms with Gasteiger partial charge in [-0.15, -0.1) is 0 Å². The van der Waals surface area contributed by atoms with Gasteiger partial charge in [0.2, 0.25) is 29.5 Å². The minimum Gasteiger partial charge on any atom is -0.438 e. The molecule has 5 aromatic rings. The Balaban J connectivity index is 0.863. The van der Waals surface area contributed by atoms with Gasteiger partial charge in [0.05, 0.1) is 6.04 Å². The number of fused-ring (bicyclic) bond motifs is 2. The number of rotatable bonds is 24. The van der Waals surface area contributed by atoms with Gasteiger partial charge in [0.25, 0.3) is 11.8 Å². The molecular formula is C63H85N9O8. The van der Waals surface area contributed by atoms with Crippen molar-refractivity contribution in [2.75, 3.05) is 33.2 Å². The van der Waals surface area contributed by atoms with Crippen LogP contribution in [0.1, 0.15) is 201 Å². The number of likely N-dealkylation sites (N-methyl/N-ethyl adjacent to an activating group) is 1. The van der Waals surface area contributed by atoms with E-state index in [4.69, 9.17) is 18.8 Å². The van der Waals surface area contributed by atoms with Gasteiger partial charge in [-0.25, -0.2) is 9.97 Å². The lowest BCUT2D eigenvalue weighted by atomic mass is 9.76. The maximum atomic E-state index is 14.4. The number of Topliss-reactive ketones (excluding diaryl/α,β-unsaturated/α-hetero) is 1. The van der Waals surface area contributed by atoms with Crippen LogP contribution in [0.5, 0.6) is 0 Å². The zero-order valence-electron chi connectivity index (χ0n) is 48.8. The first-order valence-electron chi connectivity index (χ1n) is 29.3. The number of hydrogen-bond donors (Lipinski definition) is 5. The first kappa shape index (κ1) is 59.2. The van der Waals surface area contributed by atoms with Crippen LogP contribution in [-0.4, -0.2) is 105 Å². The Morgan fingerprint density at radius 1 is 0.713 bits per heavy atom. The van der Waals surface area contributed by atoms with Crippen molar-refractivity contribution < 1.29 is 37.6 Å². The molecule has 80 heavy (non-hydrogen) atoms. The Morgan fingerprint density at radius 2 is 1.27 bits per heavy atom. The molecule has 430 valence electrons. The standard InChI is InChI=1S/C63H85N9O8/c1-11-38(2)55(74)70-54(63(7,8)9)61(78)72-35-23-29-48(72)59-69-51(53(80-59)44-37-67-46-27-19-18-26-42(44)46)57(76)66-33-21-15-13-12-14-20-32-65-56(75)50-52(43-31-30-40-24-16-17-25-41(40)43)79-58(68-50)47-28-22-34-71(47)60(77)45(62(4,5)6)36-49(73)39(3)64-10/h16-19,24-27,31,37-39,45,47-48,54,64,67H,11-15,20-23,28-30,32-36H2,1-10H3,(H,65,75)(H,66,76)(H,70,74)/t38-,39+,45-,47+,48+,54-/m1/s1. The lowest BCUT2D eigenvalue weighted by Gasteiger charge is -2.35. The fourth-order valence-corrected chi connectivity index (χ4v) is 11.3. The highest BCUT2D eigenvalue weighted by molar-refractivity contribution is 6.03. The third-order valence-corrected chi connectivity index (χ3v) is 16.6. The zero-order valence-corrected chi connectivity index (χ0v) is 48.8. The molecule has 0 saturated carbocycles. The molecule has 17 nitrogen and oxygen atoms in total. The van der Waals surface area contributed by atoms with Crippen molar-refractivity contribution in [2.45, 2.75) is 170 Å². The van der Waals surface area contributed by atoms with E-state index in [0.717, 1.165) is 79.0 Å². The summed E-state index contributed by atoms with van der Waals surface area (Å²) in [6.45, 7) is 19.3. The second-order valence-corrected chi connectivity index (χ2v) is 24.4. The van der Waals surface area contributed by atoms with E-state index in [1.54, 1.807) is 11.9 Å². The van der Waals surface area contributed by atoms with E-state index in [-0.39, 0.29) is 65.1 Å². The smallest absolute Gasteiger partial charge is 0.273 e. The van der Waals surface area contributed by atoms with Crippen LogP contribution in [0.15, 0.2) is 69.6 Å². The minimum atomic E-state index is -0.760. The highest BCUT2D eigenvalue weighted by Gasteiger charge is 2.45.